The summed E-state index contributed by atoms with van der Waals surface area (Å²) in [6, 6.07) is 19.1. The van der Waals surface area contributed by atoms with Gasteiger partial charge < -0.3 is 23.8 Å². The van der Waals surface area contributed by atoms with Crippen LogP contribution >= 0.6 is 0 Å². The van der Waals surface area contributed by atoms with Gasteiger partial charge in [-0.05, 0) is 53.9 Å². The molecule has 0 bridgehead atoms. The Morgan fingerprint density at radius 1 is 1.00 bits per heavy atom. The number of carbonyl (C=O) groups excluding carboxylic acids is 2. The van der Waals surface area contributed by atoms with Gasteiger partial charge in [0.05, 0.1) is 11.8 Å². The van der Waals surface area contributed by atoms with E-state index in [1.807, 2.05) is 36.4 Å². The lowest BCUT2D eigenvalue weighted by atomic mass is 10.0. The van der Waals surface area contributed by atoms with Crippen molar-refractivity contribution in [1.82, 2.24) is 10.2 Å². The van der Waals surface area contributed by atoms with Crippen molar-refractivity contribution < 1.29 is 23.2 Å². The highest BCUT2D eigenvalue weighted by Gasteiger charge is 2.26. The molecule has 1 fully saturated rings. The van der Waals surface area contributed by atoms with Gasteiger partial charge in [-0.2, -0.15) is 0 Å². The zero-order valence-electron chi connectivity index (χ0n) is 18.0. The van der Waals surface area contributed by atoms with Gasteiger partial charge >= 0.3 is 0 Å². The number of hydrogen-bond donors (Lipinski definition) is 1. The molecule has 4 aromatic rings. The predicted molar refractivity (Wildman–Crippen MR) is 122 cm³/mol. The summed E-state index contributed by atoms with van der Waals surface area (Å²) in [6.45, 7) is 1.40. The molecule has 5 rings (SSSR count). The van der Waals surface area contributed by atoms with Gasteiger partial charge in [0, 0.05) is 19.1 Å². The number of rotatable bonds is 6. The molecule has 2 aromatic heterocycles. The maximum absolute atomic E-state index is 12.6. The van der Waals surface area contributed by atoms with Crippen LogP contribution in [0.25, 0.3) is 10.8 Å². The van der Waals surface area contributed by atoms with Crippen LogP contribution in [0.5, 0.6) is 5.75 Å². The quantitative estimate of drug-likeness (QED) is 0.468. The molecule has 7 nitrogen and oxygen atoms in total. The molecule has 0 saturated carbocycles. The van der Waals surface area contributed by atoms with Crippen LogP contribution in [-0.2, 0) is 6.61 Å². The fourth-order valence-corrected chi connectivity index (χ4v) is 4.04. The lowest BCUT2D eigenvalue weighted by Crippen LogP contribution is -2.46. The van der Waals surface area contributed by atoms with E-state index in [9.17, 15) is 9.59 Å². The van der Waals surface area contributed by atoms with Crippen molar-refractivity contribution in [2.45, 2.75) is 25.5 Å². The number of ether oxygens (including phenoxy) is 1. The van der Waals surface area contributed by atoms with E-state index < -0.39 is 0 Å². The molecule has 1 aliphatic heterocycles. The molecule has 33 heavy (non-hydrogen) atoms. The summed E-state index contributed by atoms with van der Waals surface area (Å²) in [5, 5.41) is 5.26. The number of likely N-dealkylation sites (tertiary alicyclic amines) is 1. The molecular formula is C26H24N2O5. The average molecular weight is 444 g/mol. The van der Waals surface area contributed by atoms with E-state index in [4.69, 9.17) is 13.6 Å². The normalized spacial score (nSPS) is 14.4. The number of hydrogen-bond acceptors (Lipinski definition) is 5. The number of furan rings is 2. The molecule has 7 heteroatoms. The molecule has 2 amide bonds. The first kappa shape index (κ1) is 20.9. The highest BCUT2D eigenvalue weighted by atomic mass is 16.5. The highest BCUT2D eigenvalue weighted by Crippen LogP contribution is 2.22. The standard InChI is InChI=1S/C26H24N2O5/c29-25(27-21-9-12-28(13-10-21)26(30)20-11-14-31-16-20)24-8-7-23(33-24)17-32-22-6-5-18-3-1-2-4-19(18)15-22/h1-8,11,14-16,21H,9-10,12-13,17H2,(H,27,29). The Labute approximate surface area is 190 Å². The molecule has 1 aliphatic rings. The largest absolute Gasteiger partial charge is 0.486 e. The van der Waals surface area contributed by atoms with Gasteiger partial charge in [0.2, 0.25) is 0 Å². The van der Waals surface area contributed by atoms with E-state index in [0.717, 1.165) is 16.5 Å². The predicted octanol–water partition coefficient (Wildman–Crippen LogP) is 4.64. The van der Waals surface area contributed by atoms with Crippen molar-refractivity contribution in [2.75, 3.05) is 13.1 Å². The summed E-state index contributed by atoms with van der Waals surface area (Å²) in [6.07, 6.45) is 4.32. The molecular weight excluding hydrogens is 420 g/mol. The summed E-state index contributed by atoms with van der Waals surface area (Å²) in [5.74, 6) is 1.27. The van der Waals surface area contributed by atoms with Gasteiger partial charge in [-0.25, -0.2) is 0 Å². The van der Waals surface area contributed by atoms with E-state index in [2.05, 4.69) is 11.4 Å². The second kappa shape index (κ2) is 9.24. The number of carbonyl (C=O) groups is 2. The maximum atomic E-state index is 12.6. The Morgan fingerprint density at radius 3 is 2.61 bits per heavy atom. The van der Waals surface area contributed by atoms with Crippen LogP contribution in [0, 0.1) is 0 Å². The highest BCUT2D eigenvalue weighted by molar-refractivity contribution is 5.94. The molecule has 3 heterocycles. The molecule has 2 aromatic carbocycles. The zero-order chi connectivity index (χ0) is 22.6. The van der Waals surface area contributed by atoms with Crippen LogP contribution in [0.4, 0.5) is 0 Å². The van der Waals surface area contributed by atoms with Gasteiger partial charge in [0.25, 0.3) is 11.8 Å². The first-order valence-electron chi connectivity index (χ1n) is 11.0. The fraction of sp³-hybridized carbons (Fsp3) is 0.231. The van der Waals surface area contributed by atoms with Crippen molar-refractivity contribution in [3.63, 3.8) is 0 Å². The second-order valence-electron chi connectivity index (χ2n) is 8.12. The van der Waals surface area contributed by atoms with Gasteiger partial charge in [0.15, 0.2) is 5.76 Å². The van der Waals surface area contributed by atoms with Crippen molar-refractivity contribution in [3.8, 4) is 5.75 Å². The van der Waals surface area contributed by atoms with Crippen molar-refractivity contribution in [3.05, 3.63) is 90.3 Å². The minimum absolute atomic E-state index is 0.00620. The minimum atomic E-state index is -0.258. The third-order valence-electron chi connectivity index (χ3n) is 5.87. The van der Waals surface area contributed by atoms with Crippen molar-refractivity contribution in [1.29, 1.82) is 0 Å². The first-order valence-corrected chi connectivity index (χ1v) is 11.0. The Kier molecular flexibility index (Phi) is 5.85. The van der Waals surface area contributed by atoms with Gasteiger partial charge in [0.1, 0.15) is 24.4 Å². The molecule has 0 atom stereocenters. The van der Waals surface area contributed by atoms with E-state index in [1.165, 1.54) is 12.5 Å². The number of benzene rings is 2. The first-order chi connectivity index (χ1) is 16.2. The van der Waals surface area contributed by atoms with Crippen LogP contribution in [0.2, 0.25) is 0 Å². The summed E-state index contributed by atoms with van der Waals surface area (Å²) >= 11 is 0. The van der Waals surface area contributed by atoms with E-state index in [1.54, 1.807) is 23.1 Å². The average Bonchev–Trinajstić information content (AvgIpc) is 3.55. The lowest BCUT2D eigenvalue weighted by molar-refractivity contribution is 0.0694. The number of amides is 2. The number of piperidine rings is 1. The lowest BCUT2D eigenvalue weighted by Gasteiger charge is -2.32. The molecule has 1 saturated heterocycles. The van der Waals surface area contributed by atoms with Gasteiger partial charge in [-0.1, -0.05) is 30.3 Å². The summed E-state index contributed by atoms with van der Waals surface area (Å²) < 4.78 is 16.5. The third-order valence-corrected chi connectivity index (χ3v) is 5.87. The third kappa shape index (κ3) is 4.77. The van der Waals surface area contributed by atoms with Gasteiger partial charge in [-0.3, -0.25) is 9.59 Å². The van der Waals surface area contributed by atoms with Crippen LogP contribution in [0.3, 0.4) is 0 Å². The summed E-state index contributed by atoms with van der Waals surface area (Å²) in [5.41, 5.74) is 0.548. The van der Waals surface area contributed by atoms with E-state index in [-0.39, 0.29) is 30.2 Å². The molecule has 168 valence electrons. The minimum Gasteiger partial charge on any atom is -0.486 e. The molecule has 0 spiro atoms. The van der Waals surface area contributed by atoms with Crippen LogP contribution in [0.1, 0.15) is 39.5 Å². The van der Waals surface area contributed by atoms with Crippen molar-refractivity contribution in [2.24, 2.45) is 0 Å². The second-order valence-corrected chi connectivity index (χ2v) is 8.12. The number of fused-ring (bicyclic) bond motifs is 1. The summed E-state index contributed by atoms with van der Waals surface area (Å²) in [4.78, 5) is 26.8. The SMILES string of the molecule is O=C(NC1CCN(C(=O)c2ccoc2)CC1)c1ccc(COc2ccc3ccccc3c2)o1. The van der Waals surface area contributed by atoms with Crippen LogP contribution in [0.15, 0.2) is 82.0 Å². The fourth-order valence-electron chi connectivity index (χ4n) is 4.04. The van der Waals surface area contributed by atoms with E-state index >= 15 is 0 Å². The molecule has 0 aliphatic carbocycles. The van der Waals surface area contributed by atoms with Crippen LogP contribution < -0.4 is 10.1 Å². The topological polar surface area (TPSA) is 84.9 Å². The number of nitrogens with one attached hydrogen (secondary N) is 1. The van der Waals surface area contributed by atoms with Crippen molar-refractivity contribution >= 4 is 22.6 Å². The summed E-state index contributed by atoms with van der Waals surface area (Å²) in [7, 11) is 0. The zero-order valence-corrected chi connectivity index (χ0v) is 18.0. The maximum Gasteiger partial charge on any atom is 0.287 e. The Morgan fingerprint density at radius 2 is 1.82 bits per heavy atom. The molecule has 0 radical (unpaired) electrons. The Hall–Kier alpha value is -4.00. The molecule has 1 N–H and O–H groups in total. The smallest absolute Gasteiger partial charge is 0.287 e. The van der Waals surface area contributed by atoms with Crippen LogP contribution in [-0.4, -0.2) is 35.8 Å². The number of nitrogens with zero attached hydrogens (tertiary/aromatic N) is 1. The van der Waals surface area contributed by atoms with E-state index in [0.29, 0.717) is 37.3 Å². The molecule has 0 unspecified atom stereocenters. The Bertz CT molecular complexity index is 1250. The monoisotopic (exact) mass is 444 g/mol. The van der Waals surface area contributed by atoms with Gasteiger partial charge in [-0.15, -0.1) is 0 Å². The Balaban J connectivity index is 1.12.